The summed E-state index contributed by atoms with van der Waals surface area (Å²) in [6.07, 6.45) is 0. The van der Waals surface area contributed by atoms with E-state index in [0.29, 0.717) is 21.0 Å². The van der Waals surface area contributed by atoms with Gasteiger partial charge in [-0.3, -0.25) is 10.1 Å². The molecule has 0 N–H and O–H groups in total. The van der Waals surface area contributed by atoms with E-state index in [4.69, 9.17) is 4.74 Å². The van der Waals surface area contributed by atoms with Gasteiger partial charge in [0.05, 0.1) is 31.5 Å². The summed E-state index contributed by atoms with van der Waals surface area (Å²) in [5.74, 6) is -0.237. The number of carbonyl (C=O) groups excluding carboxylic acids is 1. The van der Waals surface area contributed by atoms with Crippen LogP contribution < -0.4 is 4.74 Å². The van der Waals surface area contributed by atoms with Crippen molar-refractivity contribution in [1.82, 2.24) is 9.78 Å². The van der Waals surface area contributed by atoms with E-state index in [9.17, 15) is 14.9 Å². The molecule has 0 bridgehead atoms. The summed E-state index contributed by atoms with van der Waals surface area (Å²) in [4.78, 5) is 24.8. The summed E-state index contributed by atoms with van der Waals surface area (Å²) in [6.45, 7) is 9.57. The molecular formula is C22H23N3O4S. The number of carbonyl (C=O) groups is 1. The SMILES string of the molecule is Cc1ccc(C(=O)Oc2c(Sc3ccccc3[N+](=O)[O-])c(C)nn2C(C)(C)C)cc1. The Labute approximate surface area is 179 Å². The fourth-order valence-electron chi connectivity index (χ4n) is 2.79. The molecule has 0 aliphatic carbocycles. The number of aryl methyl sites for hydroxylation is 2. The number of rotatable bonds is 5. The molecule has 0 radical (unpaired) electrons. The molecular weight excluding hydrogens is 402 g/mol. The molecule has 3 aromatic rings. The lowest BCUT2D eigenvalue weighted by Crippen LogP contribution is -2.25. The molecule has 1 aromatic heterocycles. The smallest absolute Gasteiger partial charge is 0.344 e. The van der Waals surface area contributed by atoms with Crippen molar-refractivity contribution in [3.05, 3.63) is 75.5 Å². The molecule has 0 aliphatic rings. The van der Waals surface area contributed by atoms with E-state index in [2.05, 4.69) is 5.10 Å². The third-order valence-electron chi connectivity index (χ3n) is 4.35. The van der Waals surface area contributed by atoms with Crippen molar-refractivity contribution in [3.63, 3.8) is 0 Å². The van der Waals surface area contributed by atoms with Crippen LogP contribution in [0.15, 0.2) is 58.3 Å². The number of nitro groups is 1. The summed E-state index contributed by atoms with van der Waals surface area (Å²) in [6, 6.07) is 13.6. The van der Waals surface area contributed by atoms with Gasteiger partial charge in [0.1, 0.15) is 0 Å². The number of hydrogen-bond donors (Lipinski definition) is 0. The zero-order valence-electron chi connectivity index (χ0n) is 17.5. The third kappa shape index (κ3) is 4.54. The Morgan fingerprint density at radius 2 is 1.73 bits per heavy atom. The number of hydrogen-bond acceptors (Lipinski definition) is 6. The highest BCUT2D eigenvalue weighted by Crippen LogP contribution is 2.43. The maximum absolute atomic E-state index is 12.8. The highest BCUT2D eigenvalue weighted by Gasteiger charge is 2.29. The Morgan fingerprint density at radius 1 is 1.10 bits per heavy atom. The van der Waals surface area contributed by atoms with Gasteiger partial charge in [0, 0.05) is 6.07 Å². The fraction of sp³-hybridized carbons (Fsp3) is 0.273. The van der Waals surface area contributed by atoms with Crippen molar-refractivity contribution in [1.29, 1.82) is 0 Å². The quantitative estimate of drug-likeness (QED) is 0.303. The third-order valence-corrected chi connectivity index (χ3v) is 5.59. The lowest BCUT2D eigenvalue weighted by atomic mass is 10.1. The van der Waals surface area contributed by atoms with Gasteiger partial charge in [0.25, 0.3) is 5.69 Å². The van der Waals surface area contributed by atoms with Gasteiger partial charge >= 0.3 is 5.97 Å². The van der Waals surface area contributed by atoms with Gasteiger partial charge in [-0.05, 0) is 52.8 Å². The zero-order chi connectivity index (χ0) is 22.1. The largest absolute Gasteiger partial charge is 0.403 e. The minimum absolute atomic E-state index is 0.0128. The molecule has 0 atom stereocenters. The van der Waals surface area contributed by atoms with Gasteiger partial charge in [0.2, 0.25) is 5.88 Å². The molecule has 1 heterocycles. The van der Waals surface area contributed by atoms with Crippen LogP contribution >= 0.6 is 11.8 Å². The van der Waals surface area contributed by atoms with Crippen LogP contribution in [0.2, 0.25) is 0 Å². The van der Waals surface area contributed by atoms with Crippen LogP contribution in [0.1, 0.15) is 42.4 Å². The molecule has 0 saturated heterocycles. The molecule has 0 fully saturated rings. The standard InChI is InChI=1S/C22H23N3O4S/c1-14-10-12-16(13-11-14)21(26)29-20-19(15(2)23-24(20)22(3,4)5)30-18-9-7-6-8-17(18)25(27)28/h6-13H,1-5H3. The van der Waals surface area contributed by atoms with E-state index in [1.165, 1.54) is 17.8 Å². The first kappa shape index (κ1) is 21.6. The number of nitrogens with zero attached hydrogens (tertiary/aromatic N) is 3. The predicted octanol–water partition coefficient (Wildman–Crippen LogP) is 5.53. The normalized spacial score (nSPS) is 11.4. The molecule has 0 amide bonds. The Kier molecular flexibility index (Phi) is 5.98. The molecule has 8 heteroatoms. The summed E-state index contributed by atoms with van der Waals surface area (Å²) in [5.41, 5.74) is 1.60. The average Bonchev–Trinajstić information content (AvgIpc) is 2.98. The highest BCUT2D eigenvalue weighted by atomic mass is 32.2. The first-order valence-corrected chi connectivity index (χ1v) is 10.2. The number of benzene rings is 2. The second-order valence-corrected chi connectivity index (χ2v) is 8.94. The molecule has 0 saturated carbocycles. The molecule has 30 heavy (non-hydrogen) atoms. The van der Waals surface area contributed by atoms with Crippen LogP contribution in [0.4, 0.5) is 5.69 Å². The molecule has 7 nitrogen and oxygen atoms in total. The lowest BCUT2D eigenvalue weighted by molar-refractivity contribution is -0.387. The number of aromatic nitrogens is 2. The Bertz CT molecular complexity index is 1100. The monoisotopic (exact) mass is 425 g/mol. The van der Waals surface area contributed by atoms with E-state index in [-0.39, 0.29) is 11.6 Å². The van der Waals surface area contributed by atoms with Gasteiger partial charge in [-0.15, -0.1) is 0 Å². The molecule has 2 aromatic carbocycles. The van der Waals surface area contributed by atoms with E-state index in [0.717, 1.165) is 5.56 Å². The Morgan fingerprint density at radius 3 is 2.33 bits per heavy atom. The van der Waals surface area contributed by atoms with Crippen molar-refractivity contribution in [3.8, 4) is 5.88 Å². The van der Waals surface area contributed by atoms with Gasteiger partial charge in [-0.1, -0.05) is 41.6 Å². The average molecular weight is 426 g/mol. The zero-order valence-corrected chi connectivity index (χ0v) is 18.3. The number of para-hydroxylation sites is 1. The molecule has 156 valence electrons. The van der Waals surface area contributed by atoms with E-state index in [1.54, 1.807) is 41.9 Å². The summed E-state index contributed by atoms with van der Waals surface area (Å²) >= 11 is 1.17. The van der Waals surface area contributed by atoms with Crippen molar-refractivity contribution >= 4 is 23.4 Å². The Hall–Kier alpha value is -3.13. The van der Waals surface area contributed by atoms with Crippen LogP contribution in [0.3, 0.4) is 0 Å². The van der Waals surface area contributed by atoms with E-state index in [1.807, 2.05) is 39.8 Å². The van der Waals surface area contributed by atoms with Crippen LogP contribution in [-0.4, -0.2) is 20.7 Å². The van der Waals surface area contributed by atoms with Crippen molar-refractivity contribution in [2.45, 2.75) is 49.9 Å². The number of esters is 1. The van der Waals surface area contributed by atoms with Gasteiger partial charge in [-0.25, -0.2) is 9.48 Å². The second kappa shape index (κ2) is 8.31. The minimum atomic E-state index is -0.509. The summed E-state index contributed by atoms with van der Waals surface area (Å²) in [5, 5.41) is 16.0. The summed E-state index contributed by atoms with van der Waals surface area (Å²) in [7, 11) is 0. The maximum atomic E-state index is 12.8. The van der Waals surface area contributed by atoms with Crippen LogP contribution in [0, 0.1) is 24.0 Å². The van der Waals surface area contributed by atoms with Crippen LogP contribution in [0.5, 0.6) is 5.88 Å². The van der Waals surface area contributed by atoms with Gasteiger partial charge < -0.3 is 4.74 Å². The van der Waals surface area contributed by atoms with Crippen molar-refractivity contribution in [2.24, 2.45) is 0 Å². The lowest BCUT2D eigenvalue weighted by Gasteiger charge is -2.22. The topological polar surface area (TPSA) is 87.3 Å². The fourth-order valence-corrected chi connectivity index (χ4v) is 3.81. The molecule has 0 unspecified atom stereocenters. The Balaban J connectivity index is 2.06. The highest BCUT2D eigenvalue weighted by molar-refractivity contribution is 7.99. The summed E-state index contributed by atoms with van der Waals surface area (Å²) < 4.78 is 7.44. The first-order chi connectivity index (χ1) is 14.1. The van der Waals surface area contributed by atoms with Crippen LogP contribution in [-0.2, 0) is 5.54 Å². The van der Waals surface area contributed by atoms with E-state index >= 15 is 0 Å². The number of nitro benzene ring substituents is 1. The van der Waals surface area contributed by atoms with Crippen molar-refractivity contribution in [2.75, 3.05) is 0 Å². The molecule has 3 rings (SSSR count). The minimum Gasteiger partial charge on any atom is -0.403 e. The van der Waals surface area contributed by atoms with Crippen LogP contribution in [0.25, 0.3) is 0 Å². The second-order valence-electron chi connectivity index (χ2n) is 7.88. The first-order valence-electron chi connectivity index (χ1n) is 9.38. The van der Waals surface area contributed by atoms with Gasteiger partial charge in [-0.2, -0.15) is 5.10 Å². The number of ether oxygens (including phenoxy) is 1. The van der Waals surface area contributed by atoms with E-state index < -0.39 is 16.4 Å². The predicted molar refractivity (Wildman–Crippen MR) is 115 cm³/mol. The maximum Gasteiger partial charge on any atom is 0.344 e. The van der Waals surface area contributed by atoms with Gasteiger partial charge in [0.15, 0.2) is 0 Å². The van der Waals surface area contributed by atoms with Crippen molar-refractivity contribution < 1.29 is 14.5 Å². The molecule has 0 aliphatic heterocycles. The molecule has 0 spiro atoms.